The second kappa shape index (κ2) is 11.9. The molecule has 3 aliphatic rings. The van der Waals surface area contributed by atoms with Gasteiger partial charge in [0.15, 0.2) is 0 Å². The van der Waals surface area contributed by atoms with Crippen molar-refractivity contribution in [3.05, 3.63) is 39.9 Å². The minimum absolute atomic E-state index is 0.0411. The molecule has 0 aromatic carbocycles. The van der Waals surface area contributed by atoms with Crippen molar-refractivity contribution in [1.82, 2.24) is 19.8 Å². The number of amides is 1. The summed E-state index contributed by atoms with van der Waals surface area (Å²) in [6.45, 7) is 15.9. The lowest BCUT2D eigenvalue weighted by Crippen LogP contribution is -2.44. The van der Waals surface area contributed by atoms with Crippen molar-refractivity contribution < 1.29 is 9.53 Å². The Bertz CT molecular complexity index is 1230. The molecule has 5 rings (SSSR count). The topological polar surface area (TPSA) is 76.5 Å². The van der Waals surface area contributed by atoms with Crippen molar-refractivity contribution in [3.8, 4) is 0 Å². The van der Waals surface area contributed by atoms with Crippen LogP contribution in [0, 0.1) is 18.3 Å². The quantitative estimate of drug-likeness (QED) is 0.556. The second-order valence-electron chi connectivity index (χ2n) is 13.1. The molecule has 2 saturated heterocycles. The summed E-state index contributed by atoms with van der Waals surface area (Å²) in [6.07, 6.45) is 6.77. The van der Waals surface area contributed by atoms with Gasteiger partial charge in [-0.2, -0.15) is 0 Å². The minimum atomic E-state index is 0.0411. The van der Waals surface area contributed by atoms with Crippen LogP contribution in [0.15, 0.2) is 23.1 Å². The van der Waals surface area contributed by atoms with Gasteiger partial charge in [0.2, 0.25) is 5.91 Å². The molecule has 5 atom stereocenters. The summed E-state index contributed by atoms with van der Waals surface area (Å²) in [5.41, 5.74) is 3.09. The molecular weight excluding hydrogens is 508 g/mol. The van der Waals surface area contributed by atoms with Gasteiger partial charge in [0.25, 0.3) is 5.56 Å². The van der Waals surface area contributed by atoms with Crippen molar-refractivity contribution in [3.63, 3.8) is 0 Å². The van der Waals surface area contributed by atoms with Crippen LogP contribution >= 0.6 is 11.8 Å². The number of rotatable bonds is 6. The monoisotopic (exact) mass is 554 g/mol. The number of hydrogen-bond donors (Lipinski definition) is 1. The average molecular weight is 555 g/mol. The highest BCUT2D eigenvalue weighted by Crippen LogP contribution is 2.44. The fourth-order valence-corrected chi connectivity index (χ4v) is 8.14. The maximum Gasteiger partial charge on any atom is 0.254 e. The van der Waals surface area contributed by atoms with Crippen LogP contribution in [-0.2, 0) is 16.1 Å². The standard InChI is InChI=1S/C31H46N4O3S/c1-20-6-7-23(33-29(36)27-8-9-28(39-27)31(3,4)5)18-24(20)25-17-22-19-32-21(2)16-26(22)35(30(25)37)11-10-34-12-14-38-15-13-34/h16-17,19-20,23-24,27-28H,6-15,18H2,1-5H3,(H,33,36). The Balaban J connectivity index is 1.35. The van der Waals surface area contributed by atoms with E-state index in [0.29, 0.717) is 17.7 Å². The molecule has 214 valence electrons. The molecule has 1 aliphatic carbocycles. The summed E-state index contributed by atoms with van der Waals surface area (Å²) in [5.74, 6) is 0.696. The molecule has 0 bridgehead atoms. The zero-order chi connectivity index (χ0) is 27.7. The van der Waals surface area contributed by atoms with E-state index < -0.39 is 0 Å². The van der Waals surface area contributed by atoms with Gasteiger partial charge in [-0.15, -0.1) is 11.8 Å². The molecule has 2 aromatic heterocycles. The Labute approximate surface area is 237 Å². The van der Waals surface area contributed by atoms with Crippen LogP contribution in [0.5, 0.6) is 0 Å². The van der Waals surface area contributed by atoms with Gasteiger partial charge in [-0.25, -0.2) is 0 Å². The number of carbonyl (C=O) groups is 1. The van der Waals surface area contributed by atoms with Gasteiger partial charge in [-0.3, -0.25) is 19.5 Å². The predicted molar refractivity (Wildman–Crippen MR) is 160 cm³/mol. The number of ether oxygens (including phenoxy) is 1. The molecule has 7 nitrogen and oxygen atoms in total. The van der Waals surface area contributed by atoms with Crippen molar-refractivity contribution in [2.24, 2.45) is 11.3 Å². The van der Waals surface area contributed by atoms with E-state index in [1.54, 1.807) is 0 Å². The van der Waals surface area contributed by atoms with E-state index in [0.717, 1.165) is 87.1 Å². The number of fused-ring (bicyclic) bond motifs is 1. The molecule has 0 radical (unpaired) electrons. The predicted octanol–water partition coefficient (Wildman–Crippen LogP) is 4.74. The molecular formula is C31H46N4O3S. The van der Waals surface area contributed by atoms with Crippen molar-refractivity contribution in [2.45, 2.75) is 95.7 Å². The summed E-state index contributed by atoms with van der Waals surface area (Å²) < 4.78 is 7.49. The Hall–Kier alpha value is -1.90. The van der Waals surface area contributed by atoms with Gasteiger partial charge in [0, 0.05) is 60.3 Å². The number of nitrogens with one attached hydrogen (secondary N) is 1. The summed E-state index contributed by atoms with van der Waals surface area (Å²) in [7, 11) is 0. The lowest BCUT2D eigenvalue weighted by atomic mass is 9.74. The first-order valence-electron chi connectivity index (χ1n) is 14.9. The van der Waals surface area contributed by atoms with Crippen molar-refractivity contribution >= 4 is 28.6 Å². The van der Waals surface area contributed by atoms with Gasteiger partial charge >= 0.3 is 0 Å². The summed E-state index contributed by atoms with van der Waals surface area (Å²) >= 11 is 1.85. The van der Waals surface area contributed by atoms with E-state index in [1.807, 2.05) is 35.5 Å². The number of pyridine rings is 2. The highest BCUT2D eigenvalue weighted by Gasteiger charge is 2.38. The van der Waals surface area contributed by atoms with E-state index >= 15 is 0 Å². The van der Waals surface area contributed by atoms with Crippen LogP contribution in [0.2, 0.25) is 0 Å². The molecule has 1 saturated carbocycles. The van der Waals surface area contributed by atoms with Crippen molar-refractivity contribution in [1.29, 1.82) is 0 Å². The Kier molecular flexibility index (Phi) is 8.74. The molecule has 4 heterocycles. The zero-order valence-electron chi connectivity index (χ0n) is 24.4. The van der Waals surface area contributed by atoms with Crippen LogP contribution in [-0.4, -0.2) is 69.7 Å². The molecule has 5 unspecified atom stereocenters. The summed E-state index contributed by atoms with van der Waals surface area (Å²) in [5, 5.41) is 4.99. The number of hydrogen-bond acceptors (Lipinski definition) is 6. The molecule has 2 aromatic rings. The van der Waals surface area contributed by atoms with Crippen LogP contribution in [0.1, 0.15) is 77.0 Å². The molecule has 2 aliphatic heterocycles. The Morgan fingerprint density at radius 2 is 1.90 bits per heavy atom. The van der Waals surface area contributed by atoms with E-state index in [9.17, 15) is 9.59 Å². The normalized spacial score (nSPS) is 28.6. The van der Waals surface area contributed by atoms with Crippen LogP contribution < -0.4 is 10.9 Å². The first-order chi connectivity index (χ1) is 18.6. The lowest BCUT2D eigenvalue weighted by molar-refractivity contribution is -0.121. The van der Waals surface area contributed by atoms with Crippen LogP contribution in [0.3, 0.4) is 0 Å². The van der Waals surface area contributed by atoms with E-state index in [4.69, 9.17) is 4.74 Å². The Morgan fingerprint density at radius 3 is 2.62 bits per heavy atom. The Morgan fingerprint density at radius 1 is 1.13 bits per heavy atom. The smallest absolute Gasteiger partial charge is 0.254 e. The van der Waals surface area contributed by atoms with Gasteiger partial charge in [-0.1, -0.05) is 27.7 Å². The van der Waals surface area contributed by atoms with Crippen LogP contribution in [0.25, 0.3) is 10.9 Å². The van der Waals surface area contributed by atoms with Gasteiger partial charge < -0.3 is 14.6 Å². The number of thioether (sulfide) groups is 1. The van der Waals surface area contributed by atoms with E-state index in [2.05, 4.69) is 49.0 Å². The summed E-state index contributed by atoms with van der Waals surface area (Å²) in [4.78, 5) is 34.3. The molecule has 3 fully saturated rings. The number of morpholine rings is 1. The molecule has 1 amide bonds. The number of carbonyl (C=O) groups excluding carboxylic acids is 1. The fourth-order valence-electron chi connectivity index (χ4n) is 6.60. The highest BCUT2D eigenvalue weighted by molar-refractivity contribution is 8.01. The minimum Gasteiger partial charge on any atom is -0.379 e. The average Bonchev–Trinajstić information content (AvgIpc) is 3.41. The van der Waals surface area contributed by atoms with Gasteiger partial charge in [0.05, 0.1) is 24.0 Å². The zero-order valence-corrected chi connectivity index (χ0v) is 25.2. The van der Waals surface area contributed by atoms with Gasteiger partial charge in [0.1, 0.15) is 0 Å². The lowest BCUT2D eigenvalue weighted by Gasteiger charge is -2.35. The maximum absolute atomic E-state index is 14.1. The second-order valence-corrected chi connectivity index (χ2v) is 14.5. The number of aromatic nitrogens is 2. The molecule has 0 spiro atoms. The SMILES string of the molecule is Cc1cc2c(cn1)cc(C1CC(NC(=O)C3CCC(C(C)(C)C)S3)CCC1C)c(=O)n2CCN1CCOCC1. The number of aryl methyl sites for hydroxylation is 1. The molecule has 8 heteroatoms. The largest absolute Gasteiger partial charge is 0.379 e. The van der Waals surface area contributed by atoms with E-state index in [-0.39, 0.29) is 34.1 Å². The van der Waals surface area contributed by atoms with Crippen LogP contribution in [0.4, 0.5) is 0 Å². The van der Waals surface area contributed by atoms with Gasteiger partial charge in [-0.05, 0) is 68.4 Å². The summed E-state index contributed by atoms with van der Waals surface area (Å²) in [6, 6.07) is 4.24. The van der Waals surface area contributed by atoms with Crippen molar-refractivity contribution in [2.75, 3.05) is 32.8 Å². The fraction of sp³-hybridized carbons (Fsp3) is 0.710. The maximum atomic E-state index is 14.1. The number of nitrogens with zero attached hydrogens (tertiary/aromatic N) is 3. The highest BCUT2D eigenvalue weighted by atomic mass is 32.2. The third-order valence-corrected chi connectivity index (χ3v) is 11.2. The molecule has 39 heavy (non-hydrogen) atoms. The van der Waals surface area contributed by atoms with E-state index in [1.165, 1.54) is 0 Å². The third kappa shape index (κ3) is 6.54. The first kappa shape index (κ1) is 28.6. The third-order valence-electron chi connectivity index (χ3n) is 9.11. The molecule has 1 N–H and O–H groups in total. The first-order valence-corrected chi connectivity index (χ1v) is 15.8.